The first-order valence-electron chi connectivity index (χ1n) is 10.4. The summed E-state index contributed by atoms with van der Waals surface area (Å²) in [5, 5.41) is 7.26. The Balaban J connectivity index is 1.40. The third-order valence-electron chi connectivity index (χ3n) is 6.45. The molecule has 152 valence electrons. The van der Waals surface area contributed by atoms with Crippen molar-refractivity contribution < 1.29 is 14.1 Å². The number of aryl methyl sites for hydroxylation is 1. The van der Waals surface area contributed by atoms with Gasteiger partial charge in [0.05, 0.1) is 0 Å². The van der Waals surface area contributed by atoms with Gasteiger partial charge < -0.3 is 19.6 Å². The molecule has 1 atom stereocenters. The smallest absolute Gasteiger partial charge is 0.276 e. The molecule has 1 aliphatic carbocycles. The second-order valence-corrected chi connectivity index (χ2v) is 8.46. The minimum absolute atomic E-state index is 0.0982. The Labute approximate surface area is 170 Å². The summed E-state index contributed by atoms with van der Waals surface area (Å²) in [6, 6.07) is 5.97. The molecule has 1 aromatic carbocycles. The molecule has 2 aromatic rings. The quantitative estimate of drug-likeness (QED) is 0.862. The Morgan fingerprint density at radius 1 is 1.24 bits per heavy atom. The molecule has 0 spiro atoms. The van der Waals surface area contributed by atoms with E-state index in [1.807, 2.05) is 24.0 Å². The molecule has 1 aromatic heterocycles. The van der Waals surface area contributed by atoms with Gasteiger partial charge in [0.1, 0.15) is 0 Å². The van der Waals surface area contributed by atoms with Gasteiger partial charge >= 0.3 is 0 Å². The Morgan fingerprint density at radius 2 is 2.00 bits per heavy atom. The van der Waals surface area contributed by atoms with E-state index in [2.05, 4.69) is 17.4 Å². The van der Waals surface area contributed by atoms with Crippen LogP contribution in [-0.2, 0) is 6.54 Å². The van der Waals surface area contributed by atoms with Gasteiger partial charge in [0, 0.05) is 56.0 Å². The molecule has 0 unspecified atom stereocenters. The molecular weight excluding hydrogens is 368 g/mol. The van der Waals surface area contributed by atoms with E-state index >= 15 is 0 Å². The summed E-state index contributed by atoms with van der Waals surface area (Å²) in [5.74, 6) is 1.24. The molecule has 1 saturated carbocycles. The predicted octanol–water partition coefficient (Wildman–Crippen LogP) is 2.45. The maximum atomic E-state index is 12.9. The van der Waals surface area contributed by atoms with Crippen molar-refractivity contribution in [1.29, 1.82) is 0 Å². The van der Waals surface area contributed by atoms with Crippen LogP contribution in [0, 0.1) is 12.8 Å². The van der Waals surface area contributed by atoms with Gasteiger partial charge in [0.15, 0.2) is 11.5 Å². The second-order valence-electron chi connectivity index (χ2n) is 8.46. The lowest BCUT2D eigenvalue weighted by atomic mass is 9.99. The maximum absolute atomic E-state index is 12.9. The molecule has 2 amide bonds. The average Bonchev–Trinajstić information content (AvgIpc) is 3.37. The molecule has 29 heavy (non-hydrogen) atoms. The number of hydrogen-bond acceptors (Lipinski definition) is 5. The summed E-state index contributed by atoms with van der Waals surface area (Å²) in [7, 11) is 0. The van der Waals surface area contributed by atoms with Crippen molar-refractivity contribution in [2.75, 3.05) is 26.2 Å². The molecule has 5 rings (SSSR count). The third-order valence-corrected chi connectivity index (χ3v) is 6.45. The van der Waals surface area contributed by atoms with Gasteiger partial charge in [-0.2, -0.15) is 0 Å². The SMILES string of the molecule is Cc1cc(-c2cc(C(=O)N3CCNCC3)no2)cc2c1C(=O)N([C@@H](C)C1CC1)C2. The highest BCUT2D eigenvalue weighted by molar-refractivity contribution is 6.00. The van der Waals surface area contributed by atoms with Crippen molar-refractivity contribution in [3.63, 3.8) is 0 Å². The van der Waals surface area contributed by atoms with Gasteiger partial charge in [0.2, 0.25) is 0 Å². The zero-order valence-electron chi connectivity index (χ0n) is 16.9. The van der Waals surface area contributed by atoms with E-state index in [4.69, 9.17) is 4.52 Å². The number of nitrogens with one attached hydrogen (secondary N) is 1. The van der Waals surface area contributed by atoms with Gasteiger partial charge in [-0.1, -0.05) is 5.16 Å². The maximum Gasteiger partial charge on any atom is 0.276 e. The predicted molar refractivity (Wildman–Crippen MR) is 108 cm³/mol. The fourth-order valence-electron chi connectivity index (χ4n) is 4.54. The van der Waals surface area contributed by atoms with Gasteiger partial charge in [-0.25, -0.2) is 0 Å². The summed E-state index contributed by atoms with van der Waals surface area (Å²) in [5.41, 5.74) is 3.99. The zero-order valence-corrected chi connectivity index (χ0v) is 16.9. The van der Waals surface area contributed by atoms with E-state index in [1.165, 1.54) is 12.8 Å². The molecule has 3 aliphatic rings. The summed E-state index contributed by atoms with van der Waals surface area (Å²) < 4.78 is 5.52. The average molecular weight is 394 g/mol. The van der Waals surface area contributed by atoms with Crippen LogP contribution in [0.3, 0.4) is 0 Å². The molecule has 1 N–H and O–H groups in total. The lowest BCUT2D eigenvalue weighted by Gasteiger charge is -2.26. The largest absolute Gasteiger partial charge is 0.355 e. The van der Waals surface area contributed by atoms with Crippen molar-refractivity contribution in [2.45, 2.75) is 39.3 Å². The van der Waals surface area contributed by atoms with Gasteiger partial charge in [-0.3, -0.25) is 9.59 Å². The molecule has 2 aliphatic heterocycles. The van der Waals surface area contributed by atoms with Crippen LogP contribution in [0.4, 0.5) is 0 Å². The monoisotopic (exact) mass is 394 g/mol. The normalized spacial score (nSPS) is 20.1. The third kappa shape index (κ3) is 3.23. The van der Waals surface area contributed by atoms with Crippen molar-refractivity contribution in [1.82, 2.24) is 20.3 Å². The fraction of sp³-hybridized carbons (Fsp3) is 0.500. The van der Waals surface area contributed by atoms with Gasteiger partial charge in [0.25, 0.3) is 11.8 Å². The minimum atomic E-state index is -0.0982. The Bertz CT molecular complexity index is 972. The summed E-state index contributed by atoms with van der Waals surface area (Å²) in [6.07, 6.45) is 2.43. The van der Waals surface area contributed by atoms with E-state index in [0.29, 0.717) is 37.0 Å². The molecule has 0 radical (unpaired) electrons. The number of nitrogens with zero attached hydrogens (tertiary/aromatic N) is 3. The van der Waals surface area contributed by atoms with Crippen LogP contribution in [-0.4, -0.2) is 59.0 Å². The van der Waals surface area contributed by atoms with E-state index in [9.17, 15) is 9.59 Å². The highest BCUT2D eigenvalue weighted by Crippen LogP contribution is 2.39. The highest BCUT2D eigenvalue weighted by atomic mass is 16.5. The number of aromatic nitrogens is 1. The summed E-state index contributed by atoms with van der Waals surface area (Å²) >= 11 is 0. The van der Waals surface area contributed by atoms with Gasteiger partial charge in [-0.15, -0.1) is 0 Å². The van der Waals surface area contributed by atoms with Crippen LogP contribution in [0.2, 0.25) is 0 Å². The first-order chi connectivity index (χ1) is 14.0. The Morgan fingerprint density at radius 3 is 2.72 bits per heavy atom. The van der Waals surface area contributed by atoms with Crippen molar-refractivity contribution in [3.05, 3.63) is 40.6 Å². The first kappa shape index (κ1) is 18.4. The molecule has 3 heterocycles. The second kappa shape index (κ2) is 6.99. The Kier molecular flexibility index (Phi) is 4.42. The molecule has 1 saturated heterocycles. The van der Waals surface area contributed by atoms with E-state index < -0.39 is 0 Å². The topological polar surface area (TPSA) is 78.7 Å². The standard InChI is InChI=1S/C22H26N4O3/c1-13-9-16(10-17-12-26(22(28)20(13)17)14(2)15-3-4-15)19-11-18(24-29-19)21(27)25-7-5-23-6-8-25/h9-11,14-15,23H,3-8,12H2,1-2H3/t14-/m0/s1. The number of carbonyl (C=O) groups excluding carboxylic acids is 2. The first-order valence-corrected chi connectivity index (χ1v) is 10.4. The highest BCUT2D eigenvalue weighted by Gasteiger charge is 2.39. The van der Waals surface area contributed by atoms with E-state index in [1.54, 1.807) is 11.0 Å². The number of benzene rings is 1. The van der Waals surface area contributed by atoms with Crippen molar-refractivity contribution in [2.24, 2.45) is 5.92 Å². The summed E-state index contributed by atoms with van der Waals surface area (Å²) in [6.45, 7) is 7.71. The van der Waals surface area contributed by atoms with Crippen LogP contribution in [0.1, 0.15) is 51.7 Å². The number of piperazine rings is 1. The lowest BCUT2D eigenvalue weighted by Crippen LogP contribution is -2.46. The van der Waals surface area contributed by atoms with Crippen LogP contribution >= 0.6 is 0 Å². The van der Waals surface area contributed by atoms with E-state index in [-0.39, 0.29) is 17.9 Å². The van der Waals surface area contributed by atoms with Crippen LogP contribution in [0.5, 0.6) is 0 Å². The zero-order chi connectivity index (χ0) is 20.1. The number of amides is 2. The fourth-order valence-corrected chi connectivity index (χ4v) is 4.54. The van der Waals surface area contributed by atoms with Gasteiger partial charge in [-0.05, 0) is 55.9 Å². The van der Waals surface area contributed by atoms with E-state index in [0.717, 1.165) is 35.3 Å². The number of carbonyl (C=O) groups is 2. The number of fused-ring (bicyclic) bond motifs is 1. The lowest BCUT2D eigenvalue weighted by molar-refractivity contribution is 0.0695. The van der Waals surface area contributed by atoms with Crippen LogP contribution in [0.15, 0.2) is 22.7 Å². The Hall–Kier alpha value is -2.67. The molecule has 7 nitrogen and oxygen atoms in total. The molecule has 0 bridgehead atoms. The molecular formula is C22H26N4O3. The van der Waals surface area contributed by atoms with Crippen molar-refractivity contribution >= 4 is 11.8 Å². The minimum Gasteiger partial charge on any atom is -0.355 e. The molecule has 2 fully saturated rings. The number of hydrogen-bond donors (Lipinski definition) is 1. The number of rotatable bonds is 4. The summed E-state index contributed by atoms with van der Waals surface area (Å²) in [4.78, 5) is 29.4. The van der Waals surface area contributed by atoms with Crippen molar-refractivity contribution in [3.8, 4) is 11.3 Å². The molecule has 7 heteroatoms. The van der Waals surface area contributed by atoms with Crippen LogP contribution < -0.4 is 5.32 Å². The van der Waals surface area contributed by atoms with Crippen LogP contribution in [0.25, 0.3) is 11.3 Å².